The van der Waals surface area contributed by atoms with Gasteiger partial charge in [-0.1, -0.05) is 17.3 Å². The van der Waals surface area contributed by atoms with Crippen LogP contribution in [-0.4, -0.2) is 25.9 Å². The van der Waals surface area contributed by atoms with Gasteiger partial charge in [0.05, 0.1) is 18.4 Å². The molecule has 0 unspecified atom stereocenters. The Morgan fingerprint density at radius 3 is 2.32 bits per heavy atom. The van der Waals surface area contributed by atoms with Crippen molar-refractivity contribution in [3.05, 3.63) is 59.7 Å². The van der Waals surface area contributed by atoms with Crippen LogP contribution in [0.3, 0.4) is 0 Å². The second-order valence-electron chi connectivity index (χ2n) is 4.47. The minimum Gasteiger partial charge on any atom is -0.497 e. The fourth-order valence-corrected chi connectivity index (χ4v) is 1.93. The van der Waals surface area contributed by atoms with Gasteiger partial charge >= 0.3 is 5.97 Å². The number of benzene rings is 2. The highest BCUT2D eigenvalue weighted by molar-refractivity contribution is 6.02. The Morgan fingerprint density at radius 2 is 1.68 bits per heavy atom. The summed E-state index contributed by atoms with van der Waals surface area (Å²) in [6.07, 6.45) is 0. The normalized spacial score (nSPS) is 11.0. The molecule has 5 heteroatoms. The molecule has 0 aliphatic carbocycles. The van der Waals surface area contributed by atoms with Crippen molar-refractivity contribution in [3.63, 3.8) is 0 Å². The first-order chi connectivity index (χ1) is 10.7. The highest BCUT2D eigenvalue weighted by atomic mass is 16.6. The zero-order chi connectivity index (χ0) is 15.9. The molecule has 5 nitrogen and oxygen atoms in total. The molecule has 22 heavy (non-hydrogen) atoms. The number of oxime groups is 1. The number of esters is 1. The van der Waals surface area contributed by atoms with Crippen LogP contribution in [0.25, 0.3) is 0 Å². The Labute approximate surface area is 129 Å². The predicted octanol–water partition coefficient (Wildman–Crippen LogP) is 3.28. The maximum Gasteiger partial charge on any atom is 0.343 e. The van der Waals surface area contributed by atoms with Gasteiger partial charge in [0.1, 0.15) is 18.6 Å². The Hall–Kier alpha value is -2.82. The molecule has 114 valence electrons. The first kappa shape index (κ1) is 15.6. The van der Waals surface area contributed by atoms with Crippen molar-refractivity contribution in [2.75, 3.05) is 14.2 Å². The van der Waals surface area contributed by atoms with Crippen molar-refractivity contribution in [1.82, 2.24) is 0 Å². The van der Waals surface area contributed by atoms with Crippen LogP contribution in [0.5, 0.6) is 11.5 Å². The van der Waals surface area contributed by atoms with Crippen LogP contribution in [0.2, 0.25) is 0 Å². The molecular weight excluding hydrogens is 282 g/mol. The number of para-hydroxylation sites is 1. The minimum absolute atomic E-state index is 0.432. The van der Waals surface area contributed by atoms with E-state index in [1.165, 1.54) is 7.11 Å². The Bertz CT molecular complexity index is 677. The molecule has 2 aromatic carbocycles. The molecule has 0 amide bonds. The van der Waals surface area contributed by atoms with Gasteiger partial charge in [-0.15, -0.1) is 0 Å². The van der Waals surface area contributed by atoms with Crippen LogP contribution >= 0.6 is 0 Å². The number of hydrogen-bond donors (Lipinski definition) is 0. The molecule has 0 atom stereocenters. The lowest BCUT2D eigenvalue weighted by molar-refractivity contribution is 0.0734. The summed E-state index contributed by atoms with van der Waals surface area (Å²) >= 11 is 0. The van der Waals surface area contributed by atoms with Crippen LogP contribution < -0.4 is 9.47 Å². The lowest BCUT2D eigenvalue weighted by Crippen LogP contribution is -2.11. The highest BCUT2D eigenvalue weighted by Gasteiger charge is 2.13. The minimum atomic E-state index is -0.444. The van der Waals surface area contributed by atoms with E-state index in [0.29, 0.717) is 28.3 Å². The molecule has 0 saturated carbocycles. The number of nitrogens with zero attached hydrogens (tertiary/aromatic N) is 1. The molecule has 0 N–H and O–H groups in total. The van der Waals surface area contributed by atoms with Crippen LogP contribution in [0.4, 0.5) is 0 Å². The molecule has 0 heterocycles. The number of carbonyl (C=O) groups is 1. The molecule has 0 radical (unpaired) electrons. The van der Waals surface area contributed by atoms with Crippen LogP contribution in [0.15, 0.2) is 53.7 Å². The summed E-state index contributed by atoms with van der Waals surface area (Å²) in [6.45, 7) is 1.78. The molecular formula is C17H17NO4. The van der Waals surface area contributed by atoms with Gasteiger partial charge < -0.3 is 14.3 Å². The summed E-state index contributed by atoms with van der Waals surface area (Å²) < 4.78 is 10.5. The third kappa shape index (κ3) is 3.63. The average molecular weight is 299 g/mol. The quantitative estimate of drug-likeness (QED) is 0.368. The van der Waals surface area contributed by atoms with Crippen molar-refractivity contribution in [2.45, 2.75) is 6.92 Å². The van der Waals surface area contributed by atoms with E-state index in [4.69, 9.17) is 14.3 Å². The maximum absolute atomic E-state index is 12.2. The van der Waals surface area contributed by atoms with E-state index in [2.05, 4.69) is 5.16 Å². The lowest BCUT2D eigenvalue weighted by Gasteiger charge is -2.09. The third-order valence-corrected chi connectivity index (χ3v) is 3.03. The smallest absolute Gasteiger partial charge is 0.343 e. The molecule has 2 aromatic rings. The predicted molar refractivity (Wildman–Crippen MR) is 83.6 cm³/mol. The Kier molecular flexibility index (Phi) is 5.14. The lowest BCUT2D eigenvalue weighted by atomic mass is 10.1. The fourth-order valence-electron chi connectivity index (χ4n) is 1.93. The number of hydrogen-bond acceptors (Lipinski definition) is 5. The van der Waals surface area contributed by atoms with E-state index in [1.807, 2.05) is 12.1 Å². The van der Waals surface area contributed by atoms with Gasteiger partial charge in [0.25, 0.3) is 0 Å². The fraction of sp³-hybridized carbons (Fsp3) is 0.176. The van der Waals surface area contributed by atoms with Gasteiger partial charge in [0.15, 0.2) is 0 Å². The first-order valence-electron chi connectivity index (χ1n) is 6.69. The van der Waals surface area contributed by atoms with Gasteiger partial charge in [0.2, 0.25) is 0 Å². The van der Waals surface area contributed by atoms with Crippen molar-refractivity contribution < 1.29 is 19.1 Å². The van der Waals surface area contributed by atoms with Crippen LogP contribution in [0.1, 0.15) is 22.8 Å². The Morgan fingerprint density at radius 1 is 1.00 bits per heavy atom. The summed E-state index contributed by atoms with van der Waals surface area (Å²) in [5.41, 5.74) is 1.77. The highest BCUT2D eigenvalue weighted by Crippen LogP contribution is 2.21. The second-order valence-corrected chi connectivity index (χ2v) is 4.47. The second kappa shape index (κ2) is 7.26. The molecule has 2 rings (SSSR count). The van der Waals surface area contributed by atoms with Gasteiger partial charge in [0, 0.05) is 5.56 Å². The molecule has 0 aromatic heterocycles. The van der Waals surface area contributed by atoms with Gasteiger partial charge in [-0.2, -0.15) is 0 Å². The first-order valence-corrected chi connectivity index (χ1v) is 6.69. The maximum atomic E-state index is 12.2. The summed E-state index contributed by atoms with van der Waals surface area (Å²) in [5, 5.41) is 3.87. The zero-order valence-electron chi connectivity index (χ0n) is 12.7. The molecule has 0 saturated heterocycles. The van der Waals surface area contributed by atoms with Gasteiger partial charge in [-0.3, -0.25) is 0 Å². The number of methoxy groups -OCH3 is 1. The molecule has 0 spiro atoms. The van der Waals surface area contributed by atoms with Crippen molar-refractivity contribution in [1.29, 1.82) is 0 Å². The summed E-state index contributed by atoms with van der Waals surface area (Å²) in [6, 6.07) is 13.9. The van der Waals surface area contributed by atoms with E-state index in [9.17, 15) is 4.79 Å². The average Bonchev–Trinajstić information content (AvgIpc) is 2.55. The standard InChI is InChI=1S/C17H17NO4/c1-12(18-21-3)15-6-4-5-7-16(15)22-17(19)13-8-10-14(20-2)11-9-13/h4-11H,1-3H3/b18-12+. The topological polar surface area (TPSA) is 57.1 Å². The molecule has 0 bridgehead atoms. The summed E-state index contributed by atoms with van der Waals surface area (Å²) in [5.74, 6) is 0.668. The van der Waals surface area contributed by atoms with E-state index < -0.39 is 5.97 Å². The van der Waals surface area contributed by atoms with E-state index in [-0.39, 0.29) is 0 Å². The number of carbonyl (C=O) groups excluding carboxylic acids is 1. The largest absolute Gasteiger partial charge is 0.497 e. The third-order valence-electron chi connectivity index (χ3n) is 3.03. The number of rotatable bonds is 5. The number of ether oxygens (including phenoxy) is 2. The van der Waals surface area contributed by atoms with E-state index in [1.54, 1.807) is 50.4 Å². The summed E-state index contributed by atoms with van der Waals surface area (Å²) in [4.78, 5) is 17.0. The molecule has 0 aliphatic heterocycles. The van der Waals surface area contributed by atoms with Gasteiger partial charge in [-0.05, 0) is 43.3 Å². The van der Waals surface area contributed by atoms with Crippen molar-refractivity contribution in [2.24, 2.45) is 5.16 Å². The summed E-state index contributed by atoms with van der Waals surface area (Å²) in [7, 11) is 3.04. The Balaban J connectivity index is 2.23. The zero-order valence-corrected chi connectivity index (χ0v) is 12.7. The SMILES string of the molecule is CO/N=C(\C)c1ccccc1OC(=O)c1ccc(OC)cc1. The van der Waals surface area contributed by atoms with Crippen LogP contribution in [0, 0.1) is 0 Å². The molecule has 0 fully saturated rings. The van der Waals surface area contributed by atoms with E-state index in [0.717, 1.165) is 0 Å². The molecule has 0 aliphatic rings. The van der Waals surface area contributed by atoms with E-state index >= 15 is 0 Å². The van der Waals surface area contributed by atoms with Crippen LogP contribution in [-0.2, 0) is 4.84 Å². The van der Waals surface area contributed by atoms with Crippen molar-refractivity contribution in [3.8, 4) is 11.5 Å². The van der Waals surface area contributed by atoms with Crippen molar-refractivity contribution >= 4 is 11.7 Å². The monoisotopic (exact) mass is 299 g/mol. The van der Waals surface area contributed by atoms with Gasteiger partial charge in [-0.25, -0.2) is 4.79 Å².